The van der Waals surface area contributed by atoms with E-state index in [1.54, 1.807) is 43.8 Å². The van der Waals surface area contributed by atoms with E-state index in [-0.39, 0.29) is 6.54 Å². The fourth-order valence-electron chi connectivity index (χ4n) is 2.00. The lowest BCUT2D eigenvalue weighted by Gasteiger charge is -2.22. The van der Waals surface area contributed by atoms with Gasteiger partial charge in [0.1, 0.15) is 17.3 Å². The number of carboxylic acid groups (broad SMARTS) is 1. The van der Waals surface area contributed by atoms with E-state index in [0.717, 1.165) is 5.39 Å². The number of aromatic nitrogens is 2. The smallest absolute Gasteiger partial charge is 0.408 e. The number of rotatable bonds is 4. The van der Waals surface area contributed by atoms with Crippen LogP contribution in [0.1, 0.15) is 20.8 Å². The number of nitrogens with one attached hydrogen (secondary N) is 1. The molecule has 0 aliphatic heterocycles. The zero-order valence-corrected chi connectivity index (χ0v) is 12.7. The summed E-state index contributed by atoms with van der Waals surface area (Å²) in [6.45, 7) is 5.21. The fourth-order valence-corrected chi connectivity index (χ4v) is 2.00. The number of hydrogen-bond donors (Lipinski definition) is 2. The summed E-state index contributed by atoms with van der Waals surface area (Å²) >= 11 is 0. The first-order valence-corrected chi connectivity index (χ1v) is 6.88. The molecular formula is C15H19N3O4. The lowest BCUT2D eigenvalue weighted by Crippen LogP contribution is -2.45. The largest absolute Gasteiger partial charge is 0.480 e. The molecule has 0 radical (unpaired) electrons. The Kier molecular flexibility index (Phi) is 4.35. The lowest BCUT2D eigenvalue weighted by atomic mass is 10.2. The minimum atomic E-state index is -1.14. The van der Waals surface area contributed by atoms with Crippen LogP contribution in [-0.4, -0.2) is 38.4 Å². The van der Waals surface area contributed by atoms with Gasteiger partial charge in [0.2, 0.25) is 0 Å². The highest BCUT2D eigenvalue weighted by molar-refractivity contribution is 5.81. The molecule has 0 aliphatic carbocycles. The maximum Gasteiger partial charge on any atom is 0.408 e. The average Bonchev–Trinajstić information content (AvgIpc) is 2.79. The maximum atomic E-state index is 11.7. The quantitative estimate of drug-likeness (QED) is 0.901. The van der Waals surface area contributed by atoms with Gasteiger partial charge in [0.15, 0.2) is 0 Å². The summed E-state index contributed by atoms with van der Waals surface area (Å²) in [4.78, 5) is 27.3. The van der Waals surface area contributed by atoms with Crippen LogP contribution >= 0.6 is 0 Å². The Hall–Kier alpha value is -2.57. The molecule has 2 heterocycles. The van der Waals surface area contributed by atoms with Crippen LogP contribution in [0.3, 0.4) is 0 Å². The summed E-state index contributed by atoms with van der Waals surface area (Å²) in [7, 11) is 0. The molecule has 0 aromatic carbocycles. The number of carbonyl (C=O) groups is 2. The van der Waals surface area contributed by atoms with Crippen LogP contribution in [0, 0.1) is 0 Å². The lowest BCUT2D eigenvalue weighted by molar-refractivity contribution is -0.139. The van der Waals surface area contributed by atoms with Crippen LogP contribution in [-0.2, 0) is 16.1 Å². The van der Waals surface area contributed by atoms with E-state index in [9.17, 15) is 14.7 Å². The normalized spacial score (nSPS) is 12.9. The van der Waals surface area contributed by atoms with Gasteiger partial charge < -0.3 is 19.7 Å². The van der Waals surface area contributed by atoms with Gasteiger partial charge >= 0.3 is 12.1 Å². The summed E-state index contributed by atoms with van der Waals surface area (Å²) in [5, 5.41) is 12.6. The number of aliphatic carboxylic acids is 1. The van der Waals surface area contributed by atoms with E-state index in [1.807, 2.05) is 12.1 Å². The molecule has 2 aromatic rings. The third-order valence-electron chi connectivity index (χ3n) is 2.89. The third-order valence-corrected chi connectivity index (χ3v) is 2.89. The van der Waals surface area contributed by atoms with Crippen LogP contribution in [0.4, 0.5) is 4.79 Å². The van der Waals surface area contributed by atoms with Crippen molar-refractivity contribution < 1.29 is 19.4 Å². The number of carbonyl (C=O) groups excluding carboxylic acids is 1. The highest BCUT2D eigenvalue weighted by Gasteiger charge is 2.24. The Labute approximate surface area is 127 Å². The highest BCUT2D eigenvalue weighted by Crippen LogP contribution is 2.13. The van der Waals surface area contributed by atoms with E-state index in [2.05, 4.69) is 10.3 Å². The van der Waals surface area contributed by atoms with Crippen LogP contribution < -0.4 is 5.32 Å². The first-order valence-electron chi connectivity index (χ1n) is 6.88. The molecule has 22 heavy (non-hydrogen) atoms. The van der Waals surface area contributed by atoms with E-state index in [4.69, 9.17) is 4.74 Å². The Morgan fingerprint density at radius 1 is 1.41 bits per heavy atom. The molecule has 0 saturated carbocycles. The molecule has 118 valence electrons. The van der Waals surface area contributed by atoms with Crippen molar-refractivity contribution in [1.29, 1.82) is 0 Å². The van der Waals surface area contributed by atoms with E-state index >= 15 is 0 Å². The van der Waals surface area contributed by atoms with Gasteiger partial charge in [-0.3, -0.25) is 0 Å². The summed E-state index contributed by atoms with van der Waals surface area (Å²) in [6.07, 6.45) is 2.62. The van der Waals surface area contributed by atoms with Gasteiger partial charge in [0.05, 0.1) is 6.54 Å². The topological polar surface area (TPSA) is 93.5 Å². The SMILES string of the molecule is CC(C)(C)OC(=O)NC(Cn1ccc2cccnc21)C(=O)O. The summed E-state index contributed by atoms with van der Waals surface area (Å²) in [5.41, 5.74) is -0.0193. The van der Waals surface area contributed by atoms with Gasteiger partial charge in [-0.25, -0.2) is 14.6 Å². The predicted molar refractivity (Wildman–Crippen MR) is 80.5 cm³/mol. The molecule has 0 fully saturated rings. The molecule has 0 aliphatic rings. The van der Waals surface area contributed by atoms with Crippen molar-refractivity contribution in [1.82, 2.24) is 14.9 Å². The Morgan fingerprint density at radius 2 is 2.14 bits per heavy atom. The van der Waals surface area contributed by atoms with Crippen molar-refractivity contribution in [2.45, 2.75) is 39.0 Å². The van der Waals surface area contributed by atoms with Crippen molar-refractivity contribution >= 4 is 23.1 Å². The van der Waals surface area contributed by atoms with Crippen LogP contribution in [0.5, 0.6) is 0 Å². The fraction of sp³-hybridized carbons (Fsp3) is 0.400. The zero-order valence-electron chi connectivity index (χ0n) is 12.7. The molecule has 0 spiro atoms. The number of carboxylic acids is 1. The highest BCUT2D eigenvalue weighted by atomic mass is 16.6. The molecule has 7 heteroatoms. The van der Waals surface area contributed by atoms with Crippen LogP contribution in [0.2, 0.25) is 0 Å². The van der Waals surface area contributed by atoms with Crippen LogP contribution in [0.15, 0.2) is 30.6 Å². The molecule has 1 unspecified atom stereocenters. The van der Waals surface area contributed by atoms with E-state index in [0.29, 0.717) is 5.65 Å². The van der Waals surface area contributed by atoms with Crippen molar-refractivity contribution in [2.24, 2.45) is 0 Å². The van der Waals surface area contributed by atoms with Crippen molar-refractivity contribution in [3.05, 3.63) is 30.6 Å². The molecule has 0 saturated heterocycles. The molecular weight excluding hydrogens is 286 g/mol. The molecule has 0 bridgehead atoms. The Bertz CT molecular complexity index is 687. The number of ether oxygens (including phenoxy) is 1. The Balaban J connectivity index is 2.12. The second-order valence-corrected chi connectivity index (χ2v) is 5.92. The number of alkyl carbamates (subject to hydrolysis) is 1. The summed E-state index contributed by atoms with van der Waals surface area (Å²) in [5.74, 6) is -1.14. The molecule has 1 atom stereocenters. The minimum Gasteiger partial charge on any atom is -0.480 e. The minimum absolute atomic E-state index is 0.0646. The second-order valence-electron chi connectivity index (χ2n) is 5.92. The van der Waals surface area contributed by atoms with Gasteiger partial charge in [0.25, 0.3) is 0 Å². The number of amides is 1. The molecule has 1 amide bonds. The van der Waals surface area contributed by atoms with Gasteiger partial charge in [-0.2, -0.15) is 0 Å². The molecule has 7 nitrogen and oxygen atoms in total. The molecule has 2 N–H and O–H groups in total. The van der Waals surface area contributed by atoms with E-state index in [1.165, 1.54) is 0 Å². The first-order chi connectivity index (χ1) is 10.3. The maximum absolute atomic E-state index is 11.7. The van der Waals surface area contributed by atoms with Gasteiger partial charge in [0, 0.05) is 17.8 Å². The van der Waals surface area contributed by atoms with Crippen molar-refractivity contribution in [3.8, 4) is 0 Å². The number of hydrogen-bond acceptors (Lipinski definition) is 4. The van der Waals surface area contributed by atoms with E-state index < -0.39 is 23.7 Å². The number of fused-ring (bicyclic) bond motifs is 1. The monoisotopic (exact) mass is 305 g/mol. The van der Waals surface area contributed by atoms with Crippen molar-refractivity contribution in [3.63, 3.8) is 0 Å². The Morgan fingerprint density at radius 3 is 2.77 bits per heavy atom. The molecule has 2 aromatic heterocycles. The van der Waals surface area contributed by atoms with Crippen LogP contribution in [0.25, 0.3) is 11.0 Å². The van der Waals surface area contributed by atoms with Gasteiger partial charge in [-0.05, 0) is 39.0 Å². The zero-order chi connectivity index (χ0) is 16.3. The van der Waals surface area contributed by atoms with Gasteiger partial charge in [-0.1, -0.05) is 0 Å². The van der Waals surface area contributed by atoms with Crippen molar-refractivity contribution in [2.75, 3.05) is 0 Å². The third kappa shape index (κ3) is 3.97. The standard InChI is InChI=1S/C15H19N3O4/c1-15(2,3)22-14(21)17-11(13(19)20)9-18-8-6-10-5-4-7-16-12(10)18/h4-8,11H,9H2,1-3H3,(H,17,21)(H,19,20). The summed E-state index contributed by atoms with van der Waals surface area (Å²) < 4.78 is 6.77. The second kappa shape index (κ2) is 6.05. The molecule has 2 rings (SSSR count). The first kappa shape index (κ1) is 15.8. The number of nitrogens with zero attached hydrogens (tertiary/aromatic N) is 2. The summed E-state index contributed by atoms with van der Waals surface area (Å²) in [6, 6.07) is 4.43. The number of pyridine rings is 1. The average molecular weight is 305 g/mol. The van der Waals surface area contributed by atoms with Gasteiger partial charge in [-0.15, -0.1) is 0 Å². The predicted octanol–water partition coefficient (Wildman–Crippen LogP) is 2.01.